The molecule has 3 fully saturated rings. The van der Waals surface area contributed by atoms with E-state index in [0.29, 0.717) is 29.6 Å². The predicted molar refractivity (Wildman–Crippen MR) is 122 cm³/mol. The summed E-state index contributed by atoms with van der Waals surface area (Å²) in [6, 6.07) is 0. The van der Waals surface area contributed by atoms with E-state index < -0.39 is 5.67 Å². The molecule has 0 bridgehead atoms. The molecule has 2 N–H and O–H groups in total. The van der Waals surface area contributed by atoms with E-state index in [1.165, 1.54) is 25.7 Å². The van der Waals surface area contributed by atoms with E-state index in [9.17, 15) is 14.7 Å². The molecule has 0 radical (unpaired) electrons. The van der Waals surface area contributed by atoms with Crippen LogP contribution in [0.2, 0.25) is 0 Å². The van der Waals surface area contributed by atoms with Crippen molar-refractivity contribution in [1.29, 1.82) is 0 Å². The zero-order valence-corrected chi connectivity index (χ0v) is 20.1. The number of oxime groups is 1. The first-order chi connectivity index (χ1) is 14.1. The monoisotopic (exact) mass is 423 g/mol. The second kappa shape index (κ2) is 9.08. The number of hydrogen-bond donors (Lipinski definition) is 2. The van der Waals surface area contributed by atoms with E-state index in [0.717, 1.165) is 56.1 Å². The lowest BCUT2D eigenvalue weighted by Gasteiger charge is -2.57. The Labute approximate surface area is 183 Å². The van der Waals surface area contributed by atoms with Gasteiger partial charge in [0.1, 0.15) is 5.67 Å². The van der Waals surface area contributed by atoms with Gasteiger partial charge in [-0.25, -0.2) is 4.39 Å². The first-order valence-electron chi connectivity index (χ1n) is 12.6. The van der Waals surface area contributed by atoms with Gasteiger partial charge in [0.2, 0.25) is 0 Å². The van der Waals surface area contributed by atoms with Gasteiger partial charge in [-0.15, -0.1) is 0 Å². The average Bonchev–Trinajstić information content (AvgIpc) is 3.03. The van der Waals surface area contributed by atoms with Crippen LogP contribution in [0.3, 0.4) is 0 Å². The molecule has 0 aromatic rings. The average molecular weight is 424 g/mol. The fraction of sp³-hybridized carbons (Fsp3) is 0.962. The van der Waals surface area contributed by atoms with Crippen LogP contribution in [0.15, 0.2) is 5.16 Å². The molecule has 3 rings (SSSR count). The smallest absolute Gasteiger partial charge is 0.105 e. The Bertz CT molecular complexity index is 615. The van der Waals surface area contributed by atoms with E-state index >= 15 is 0 Å². The summed E-state index contributed by atoms with van der Waals surface area (Å²) < 4.78 is 13.9. The van der Waals surface area contributed by atoms with Crippen LogP contribution >= 0.6 is 0 Å². The van der Waals surface area contributed by atoms with Crippen molar-refractivity contribution in [2.45, 2.75) is 111 Å². The first kappa shape index (κ1) is 24.0. The van der Waals surface area contributed by atoms with Gasteiger partial charge in [-0.1, -0.05) is 38.8 Å². The fourth-order valence-electron chi connectivity index (χ4n) is 8.25. The van der Waals surface area contributed by atoms with Gasteiger partial charge in [-0.05, 0) is 107 Å². The van der Waals surface area contributed by atoms with Crippen molar-refractivity contribution < 1.29 is 14.7 Å². The number of aliphatic hydroxyl groups excluding tert-OH is 1. The number of fused-ring (bicyclic) bond motifs is 3. The van der Waals surface area contributed by atoms with Gasteiger partial charge < -0.3 is 10.3 Å². The summed E-state index contributed by atoms with van der Waals surface area (Å²) in [6.45, 7) is 10.9. The molecule has 0 spiro atoms. The minimum absolute atomic E-state index is 0.0713. The molecule has 3 aliphatic carbocycles. The van der Waals surface area contributed by atoms with Gasteiger partial charge >= 0.3 is 0 Å². The SMILES string of the molecule is C[C@H](CCCC(C)(C)F)[C@H]1CC[C@H]2[C@@H]3CC/C(=N\O)[C@](C)(CCCO)[C@H]3CC[C@]12C. The van der Waals surface area contributed by atoms with Crippen molar-refractivity contribution in [3.05, 3.63) is 0 Å². The molecule has 3 aliphatic rings. The molecule has 3 saturated carbocycles. The molecule has 0 aliphatic heterocycles. The van der Waals surface area contributed by atoms with Crippen LogP contribution in [0.1, 0.15) is 105 Å². The second-order valence-electron chi connectivity index (χ2n) is 12.0. The van der Waals surface area contributed by atoms with E-state index in [1.54, 1.807) is 13.8 Å². The number of aliphatic hydroxyl groups is 1. The Morgan fingerprint density at radius 3 is 2.50 bits per heavy atom. The summed E-state index contributed by atoms with van der Waals surface area (Å²) in [5, 5.41) is 22.9. The van der Waals surface area contributed by atoms with Crippen molar-refractivity contribution in [1.82, 2.24) is 0 Å². The van der Waals surface area contributed by atoms with Gasteiger partial charge in [0.15, 0.2) is 0 Å². The van der Waals surface area contributed by atoms with Gasteiger partial charge in [0, 0.05) is 12.0 Å². The Morgan fingerprint density at radius 1 is 1.13 bits per heavy atom. The summed E-state index contributed by atoms with van der Waals surface area (Å²) in [5.41, 5.74) is 0.250. The fourth-order valence-corrected chi connectivity index (χ4v) is 8.25. The minimum Gasteiger partial charge on any atom is -0.411 e. The Morgan fingerprint density at radius 2 is 1.87 bits per heavy atom. The highest BCUT2D eigenvalue weighted by Gasteiger charge is 2.59. The zero-order valence-electron chi connectivity index (χ0n) is 20.1. The summed E-state index contributed by atoms with van der Waals surface area (Å²) in [7, 11) is 0. The van der Waals surface area contributed by atoms with Crippen LogP contribution in [0, 0.1) is 40.4 Å². The van der Waals surface area contributed by atoms with Gasteiger partial charge in [-0.2, -0.15) is 0 Å². The maximum atomic E-state index is 13.9. The van der Waals surface area contributed by atoms with Gasteiger partial charge in [0.05, 0.1) is 5.71 Å². The van der Waals surface area contributed by atoms with E-state index in [2.05, 4.69) is 25.9 Å². The lowest BCUT2D eigenvalue weighted by molar-refractivity contribution is -0.0460. The van der Waals surface area contributed by atoms with E-state index in [-0.39, 0.29) is 12.0 Å². The van der Waals surface area contributed by atoms with E-state index in [4.69, 9.17) is 0 Å². The van der Waals surface area contributed by atoms with Crippen molar-refractivity contribution in [3.63, 3.8) is 0 Å². The summed E-state index contributed by atoms with van der Waals surface area (Å²) in [5.74, 6) is 3.46. The zero-order chi connectivity index (χ0) is 22.2. The number of rotatable bonds is 8. The molecule has 3 nitrogen and oxygen atoms in total. The molecule has 30 heavy (non-hydrogen) atoms. The Hall–Kier alpha value is -0.640. The van der Waals surface area contributed by atoms with Crippen LogP contribution in [0.25, 0.3) is 0 Å². The van der Waals surface area contributed by atoms with Crippen LogP contribution in [0.5, 0.6) is 0 Å². The number of halogens is 1. The van der Waals surface area contributed by atoms with Crippen molar-refractivity contribution >= 4 is 5.71 Å². The Balaban J connectivity index is 1.73. The normalized spacial score (nSPS) is 41.5. The van der Waals surface area contributed by atoms with Crippen molar-refractivity contribution in [2.75, 3.05) is 6.61 Å². The van der Waals surface area contributed by atoms with Crippen LogP contribution in [-0.2, 0) is 0 Å². The highest BCUT2D eigenvalue weighted by Crippen LogP contribution is 2.66. The molecular weight excluding hydrogens is 377 g/mol. The lowest BCUT2D eigenvalue weighted by Crippen LogP contribution is -2.52. The molecule has 0 unspecified atom stereocenters. The quantitative estimate of drug-likeness (QED) is 0.326. The Kier molecular flexibility index (Phi) is 7.27. The topological polar surface area (TPSA) is 52.8 Å². The van der Waals surface area contributed by atoms with Gasteiger partial charge in [0.25, 0.3) is 0 Å². The van der Waals surface area contributed by atoms with Crippen LogP contribution < -0.4 is 0 Å². The maximum Gasteiger partial charge on any atom is 0.105 e. The summed E-state index contributed by atoms with van der Waals surface area (Å²) in [6.07, 6.45) is 11.7. The summed E-state index contributed by atoms with van der Waals surface area (Å²) in [4.78, 5) is 0. The molecule has 4 heteroatoms. The third-order valence-electron chi connectivity index (χ3n) is 9.80. The van der Waals surface area contributed by atoms with Crippen LogP contribution in [-0.4, -0.2) is 28.3 Å². The second-order valence-corrected chi connectivity index (χ2v) is 12.0. The highest BCUT2D eigenvalue weighted by molar-refractivity contribution is 5.90. The van der Waals surface area contributed by atoms with Crippen molar-refractivity contribution in [2.24, 2.45) is 45.6 Å². The molecule has 0 aromatic heterocycles. The number of nitrogens with zero attached hydrogens (tertiary/aromatic N) is 1. The first-order valence-corrected chi connectivity index (χ1v) is 12.6. The molecule has 0 heterocycles. The molecule has 0 amide bonds. The summed E-state index contributed by atoms with van der Waals surface area (Å²) >= 11 is 0. The third-order valence-corrected chi connectivity index (χ3v) is 9.80. The maximum absolute atomic E-state index is 13.9. The number of hydrogen-bond acceptors (Lipinski definition) is 3. The molecule has 7 atom stereocenters. The minimum atomic E-state index is -1.05. The van der Waals surface area contributed by atoms with E-state index in [1.807, 2.05) is 0 Å². The largest absolute Gasteiger partial charge is 0.411 e. The molecule has 0 saturated heterocycles. The van der Waals surface area contributed by atoms with Crippen LogP contribution in [0.4, 0.5) is 4.39 Å². The number of alkyl halides is 1. The standard InChI is InChI=1S/C26H46FNO2/c1-18(8-6-14-24(2,3)27)20-10-11-21-19-9-12-23(28-30)26(5,15-7-17-29)22(19)13-16-25(20,21)4/h18-22,29-30H,6-17H2,1-5H3/b28-23+/t18-,19+,20-,21+,22+,25-,26-/m1/s1. The van der Waals surface area contributed by atoms with Gasteiger partial charge in [-0.3, -0.25) is 0 Å². The predicted octanol–water partition coefficient (Wildman–Crippen LogP) is 7.00. The molecule has 174 valence electrons. The molecular formula is C26H46FNO2. The van der Waals surface area contributed by atoms with Crippen molar-refractivity contribution in [3.8, 4) is 0 Å². The molecule has 0 aromatic carbocycles. The lowest BCUT2D eigenvalue weighted by atomic mass is 9.47. The highest BCUT2D eigenvalue weighted by atomic mass is 19.1. The third kappa shape index (κ3) is 4.45.